The highest BCUT2D eigenvalue weighted by Crippen LogP contribution is 2.23. The summed E-state index contributed by atoms with van der Waals surface area (Å²) < 4.78 is 11.7. The van der Waals surface area contributed by atoms with Gasteiger partial charge in [-0.2, -0.15) is 0 Å². The third-order valence-electron chi connectivity index (χ3n) is 1.95. The van der Waals surface area contributed by atoms with Gasteiger partial charge in [-0.1, -0.05) is 13.3 Å². The lowest BCUT2D eigenvalue weighted by atomic mass is 10.1. The largest absolute Gasteiger partial charge is 0.348 e. The van der Waals surface area contributed by atoms with Gasteiger partial charge in [0.05, 0.1) is 12.2 Å². The van der Waals surface area contributed by atoms with Gasteiger partial charge in [-0.05, 0) is 41.0 Å². The summed E-state index contributed by atoms with van der Waals surface area (Å²) in [4.78, 5) is 0. The summed E-state index contributed by atoms with van der Waals surface area (Å²) in [6.45, 7) is 12.4. The van der Waals surface area contributed by atoms with Crippen LogP contribution < -0.4 is 0 Å². The summed E-state index contributed by atoms with van der Waals surface area (Å²) in [6, 6.07) is 0. The first-order valence-corrected chi connectivity index (χ1v) is 5.75. The van der Waals surface area contributed by atoms with E-state index in [1.54, 1.807) is 0 Å². The molecule has 0 radical (unpaired) electrons. The van der Waals surface area contributed by atoms with Crippen LogP contribution in [0, 0.1) is 0 Å². The van der Waals surface area contributed by atoms with Crippen molar-refractivity contribution >= 4 is 0 Å². The topological polar surface area (TPSA) is 18.5 Å². The monoisotopic (exact) mass is 202 g/mol. The van der Waals surface area contributed by atoms with Crippen LogP contribution in [0.1, 0.15) is 60.8 Å². The molecule has 0 fully saturated rings. The molecule has 2 nitrogen and oxygen atoms in total. The molecule has 86 valence electrons. The van der Waals surface area contributed by atoms with Gasteiger partial charge in [-0.3, -0.25) is 0 Å². The van der Waals surface area contributed by atoms with E-state index in [2.05, 4.69) is 6.92 Å². The second-order valence-corrected chi connectivity index (χ2v) is 4.57. The maximum atomic E-state index is 5.83. The van der Waals surface area contributed by atoms with E-state index < -0.39 is 5.79 Å². The summed E-state index contributed by atoms with van der Waals surface area (Å²) >= 11 is 0. The normalized spacial score (nSPS) is 12.9. The molecule has 0 rings (SSSR count). The molecular weight excluding hydrogens is 176 g/mol. The van der Waals surface area contributed by atoms with E-state index in [-0.39, 0.29) is 12.2 Å². The van der Waals surface area contributed by atoms with Gasteiger partial charge in [-0.15, -0.1) is 0 Å². The van der Waals surface area contributed by atoms with Crippen molar-refractivity contribution in [3.8, 4) is 0 Å². The van der Waals surface area contributed by atoms with Crippen LogP contribution in [0.4, 0.5) is 0 Å². The highest BCUT2D eigenvalue weighted by molar-refractivity contribution is 4.66. The summed E-state index contributed by atoms with van der Waals surface area (Å²) in [5.41, 5.74) is 0. The van der Waals surface area contributed by atoms with Crippen LogP contribution in [0.25, 0.3) is 0 Å². The van der Waals surface area contributed by atoms with Crippen LogP contribution >= 0.6 is 0 Å². The molecule has 0 aromatic rings. The Morgan fingerprint density at radius 3 is 1.71 bits per heavy atom. The Labute approximate surface area is 89.0 Å². The van der Waals surface area contributed by atoms with E-state index in [9.17, 15) is 0 Å². The van der Waals surface area contributed by atoms with Crippen molar-refractivity contribution in [1.29, 1.82) is 0 Å². The Balaban J connectivity index is 4.17. The Morgan fingerprint density at radius 2 is 1.43 bits per heavy atom. The van der Waals surface area contributed by atoms with Crippen molar-refractivity contribution in [2.75, 3.05) is 0 Å². The minimum absolute atomic E-state index is 0.218. The predicted molar refractivity (Wildman–Crippen MR) is 60.4 cm³/mol. The lowest BCUT2D eigenvalue weighted by molar-refractivity contribution is -0.261. The summed E-state index contributed by atoms with van der Waals surface area (Å²) in [5, 5.41) is 0. The van der Waals surface area contributed by atoms with Gasteiger partial charge in [-0.25, -0.2) is 0 Å². The van der Waals surface area contributed by atoms with Crippen LogP contribution in [0.2, 0.25) is 0 Å². The lowest BCUT2D eigenvalue weighted by Gasteiger charge is -2.33. The second kappa shape index (κ2) is 6.41. The highest BCUT2D eigenvalue weighted by atomic mass is 16.7. The zero-order valence-corrected chi connectivity index (χ0v) is 10.6. The number of rotatable bonds is 7. The first-order chi connectivity index (χ1) is 6.39. The van der Waals surface area contributed by atoms with Crippen LogP contribution in [-0.2, 0) is 9.47 Å². The number of hydrogen-bond donors (Lipinski definition) is 0. The average Bonchev–Trinajstić information content (AvgIpc) is 1.97. The van der Waals surface area contributed by atoms with E-state index in [4.69, 9.17) is 9.47 Å². The number of hydrogen-bond acceptors (Lipinski definition) is 2. The van der Waals surface area contributed by atoms with Gasteiger partial charge in [0, 0.05) is 6.42 Å². The molecule has 0 aliphatic rings. The van der Waals surface area contributed by atoms with Crippen LogP contribution in [0.3, 0.4) is 0 Å². The number of ether oxygens (including phenoxy) is 2. The standard InChI is InChI=1S/C12H26O2/c1-7-8-9-12(6,13-10(2)3)14-11(4)5/h10-11H,7-9H2,1-6H3. The molecule has 0 saturated heterocycles. The Bertz CT molecular complexity index is 131. The van der Waals surface area contributed by atoms with Gasteiger partial charge in [0.15, 0.2) is 5.79 Å². The molecule has 2 heteroatoms. The van der Waals surface area contributed by atoms with Gasteiger partial charge in [0.25, 0.3) is 0 Å². The maximum absolute atomic E-state index is 5.83. The third-order valence-corrected chi connectivity index (χ3v) is 1.95. The molecule has 0 amide bonds. The minimum atomic E-state index is -0.404. The fraction of sp³-hybridized carbons (Fsp3) is 1.00. The molecule has 0 aliphatic heterocycles. The van der Waals surface area contributed by atoms with Crippen molar-refractivity contribution in [2.45, 2.75) is 78.8 Å². The fourth-order valence-electron chi connectivity index (χ4n) is 1.64. The summed E-state index contributed by atoms with van der Waals surface area (Å²) in [5.74, 6) is -0.404. The Morgan fingerprint density at radius 1 is 1.00 bits per heavy atom. The second-order valence-electron chi connectivity index (χ2n) is 4.57. The fourth-order valence-corrected chi connectivity index (χ4v) is 1.64. The molecular formula is C12H26O2. The van der Waals surface area contributed by atoms with E-state index in [1.807, 2.05) is 34.6 Å². The first-order valence-electron chi connectivity index (χ1n) is 5.75. The van der Waals surface area contributed by atoms with E-state index in [0.717, 1.165) is 12.8 Å². The van der Waals surface area contributed by atoms with Crippen LogP contribution in [0.15, 0.2) is 0 Å². The Kier molecular flexibility index (Phi) is 6.38. The molecule has 0 unspecified atom stereocenters. The third kappa shape index (κ3) is 6.39. The SMILES string of the molecule is CCCCC(C)(OC(C)C)OC(C)C. The quantitative estimate of drug-likeness (QED) is 0.585. The summed E-state index contributed by atoms with van der Waals surface area (Å²) in [7, 11) is 0. The molecule has 0 bridgehead atoms. The zero-order chi connectivity index (χ0) is 11.2. The lowest BCUT2D eigenvalue weighted by Crippen LogP contribution is -2.37. The molecule has 0 N–H and O–H groups in total. The van der Waals surface area contributed by atoms with Gasteiger partial charge in [0.1, 0.15) is 0 Å². The van der Waals surface area contributed by atoms with Crippen LogP contribution in [0.5, 0.6) is 0 Å². The van der Waals surface area contributed by atoms with E-state index in [0.29, 0.717) is 0 Å². The van der Waals surface area contributed by atoms with E-state index in [1.165, 1.54) is 6.42 Å². The zero-order valence-electron chi connectivity index (χ0n) is 10.6. The molecule has 0 aromatic heterocycles. The van der Waals surface area contributed by atoms with Gasteiger partial charge >= 0.3 is 0 Å². The predicted octanol–water partition coefficient (Wildman–Crippen LogP) is 3.74. The molecule has 0 atom stereocenters. The maximum Gasteiger partial charge on any atom is 0.166 e. The number of unbranched alkanes of at least 4 members (excludes halogenated alkanes) is 1. The van der Waals surface area contributed by atoms with Crippen LogP contribution in [-0.4, -0.2) is 18.0 Å². The van der Waals surface area contributed by atoms with Gasteiger partial charge in [0.2, 0.25) is 0 Å². The smallest absolute Gasteiger partial charge is 0.166 e. The van der Waals surface area contributed by atoms with Crippen molar-refractivity contribution in [3.63, 3.8) is 0 Å². The van der Waals surface area contributed by atoms with Crippen molar-refractivity contribution in [3.05, 3.63) is 0 Å². The first kappa shape index (κ1) is 13.9. The Hall–Kier alpha value is -0.0800. The van der Waals surface area contributed by atoms with Gasteiger partial charge < -0.3 is 9.47 Å². The molecule has 0 saturated carbocycles. The molecule has 0 aliphatic carbocycles. The van der Waals surface area contributed by atoms with Crippen molar-refractivity contribution < 1.29 is 9.47 Å². The average molecular weight is 202 g/mol. The molecule has 0 spiro atoms. The van der Waals surface area contributed by atoms with Crippen molar-refractivity contribution in [2.24, 2.45) is 0 Å². The highest BCUT2D eigenvalue weighted by Gasteiger charge is 2.27. The molecule has 0 heterocycles. The molecule has 14 heavy (non-hydrogen) atoms. The minimum Gasteiger partial charge on any atom is -0.348 e. The van der Waals surface area contributed by atoms with E-state index >= 15 is 0 Å². The summed E-state index contributed by atoms with van der Waals surface area (Å²) in [6.07, 6.45) is 3.74. The molecule has 0 aromatic carbocycles. The van der Waals surface area contributed by atoms with Crippen molar-refractivity contribution in [1.82, 2.24) is 0 Å².